The molecule has 83 valence electrons. The van der Waals surface area contributed by atoms with Crippen LogP contribution < -0.4 is 0 Å². The van der Waals surface area contributed by atoms with Gasteiger partial charge in [-0.3, -0.25) is 4.39 Å². The van der Waals surface area contributed by atoms with Gasteiger partial charge in [-0.15, -0.1) is 0 Å². The number of alkyl halides is 1. The van der Waals surface area contributed by atoms with Crippen molar-refractivity contribution in [2.45, 2.75) is 32.1 Å². The first-order valence-electron chi connectivity index (χ1n) is 5.35. The minimum absolute atomic E-state index is 0.291. The highest BCUT2D eigenvalue weighted by atomic mass is 19.1. The van der Waals surface area contributed by atoms with Crippen LogP contribution in [0.4, 0.5) is 8.78 Å². The summed E-state index contributed by atoms with van der Waals surface area (Å²) in [7, 11) is 0. The molecule has 0 saturated carbocycles. The molecule has 0 aromatic heterocycles. The normalized spacial score (nSPS) is 12.8. The third-order valence-corrected chi connectivity index (χ3v) is 2.46. The molecular weight excluding hydrogens is 194 g/mol. The molecule has 0 heterocycles. The molecule has 0 aliphatic heterocycles. The SMILES string of the molecule is [CH2]C(CF)c1cc(F)cc(CCCC)c1. The molecule has 0 bridgehead atoms. The van der Waals surface area contributed by atoms with Crippen LogP contribution in [-0.2, 0) is 6.42 Å². The van der Waals surface area contributed by atoms with Crippen molar-refractivity contribution in [3.05, 3.63) is 42.1 Å². The molecule has 0 spiro atoms. The highest BCUT2D eigenvalue weighted by molar-refractivity contribution is 5.28. The minimum Gasteiger partial charge on any atom is -0.250 e. The van der Waals surface area contributed by atoms with E-state index in [1.807, 2.05) is 6.07 Å². The molecule has 15 heavy (non-hydrogen) atoms. The van der Waals surface area contributed by atoms with Gasteiger partial charge >= 0.3 is 0 Å². The number of hydrogen-bond acceptors (Lipinski definition) is 0. The van der Waals surface area contributed by atoms with Crippen LogP contribution in [-0.4, -0.2) is 6.67 Å². The first-order valence-corrected chi connectivity index (χ1v) is 5.35. The van der Waals surface area contributed by atoms with E-state index in [0.717, 1.165) is 24.8 Å². The largest absolute Gasteiger partial charge is 0.250 e. The van der Waals surface area contributed by atoms with Crippen LogP contribution in [0.25, 0.3) is 0 Å². The molecule has 1 aromatic rings. The van der Waals surface area contributed by atoms with Crippen molar-refractivity contribution in [1.29, 1.82) is 0 Å². The van der Waals surface area contributed by atoms with Crippen molar-refractivity contribution < 1.29 is 8.78 Å². The quantitative estimate of drug-likeness (QED) is 0.689. The molecule has 1 rings (SSSR count). The summed E-state index contributed by atoms with van der Waals surface area (Å²) in [6.45, 7) is 5.19. The lowest BCUT2D eigenvalue weighted by atomic mass is 9.98. The molecule has 0 amide bonds. The van der Waals surface area contributed by atoms with Crippen LogP contribution in [0.3, 0.4) is 0 Å². The lowest BCUT2D eigenvalue weighted by molar-refractivity contribution is 0.464. The van der Waals surface area contributed by atoms with Crippen LogP contribution in [0.2, 0.25) is 0 Å². The number of aryl methyl sites for hydroxylation is 1. The topological polar surface area (TPSA) is 0 Å². The summed E-state index contributed by atoms with van der Waals surface area (Å²) in [5, 5.41) is 0. The lowest BCUT2D eigenvalue weighted by Gasteiger charge is -2.09. The maximum Gasteiger partial charge on any atom is 0.123 e. The summed E-state index contributed by atoms with van der Waals surface area (Å²) in [4.78, 5) is 0. The van der Waals surface area contributed by atoms with Gasteiger partial charge in [0.05, 0.1) is 6.67 Å². The van der Waals surface area contributed by atoms with E-state index in [1.54, 1.807) is 0 Å². The first kappa shape index (κ1) is 12.2. The van der Waals surface area contributed by atoms with Crippen LogP contribution >= 0.6 is 0 Å². The summed E-state index contributed by atoms with van der Waals surface area (Å²) < 4.78 is 25.6. The number of rotatable bonds is 5. The number of unbranched alkanes of at least 4 members (excludes halogenated alkanes) is 1. The van der Waals surface area contributed by atoms with Gasteiger partial charge in [0, 0.05) is 5.92 Å². The van der Waals surface area contributed by atoms with Gasteiger partial charge in [-0.05, 0) is 43.0 Å². The Bertz CT molecular complexity index is 307. The average molecular weight is 211 g/mol. The molecule has 0 saturated heterocycles. The Morgan fingerprint density at radius 1 is 1.33 bits per heavy atom. The third kappa shape index (κ3) is 3.61. The van der Waals surface area contributed by atoms with E-state index in [9.17, 15) is 8.78 Å². The zero-order valence-corrected chi connectivity index (χ0v) is 9.10. The number of hydrogen-bond donors (Lipinski definition) is 0. The van der Waals surface area contributed by atoms with Gasteiger partial charge in [-0.2, -0.15) is 0 Å². The van der Waals surface area contributed by atoms with E-state index in [4.69, 9.17) is 0 Å². The van der Waals surface area contributed by atoms with Crippen LogP contribution in [0, 0.1) is 12.7 Å². The zero-order chi connectivity index (χ0) is 11.3. The second-order valence-electron chi connectivity index (χ2n) is 3.85. The monoisotopic (exact) mass is 211 g/mol. The van der Waals surface area contributed by atoms with Crippen LogP contribution in [0.15, 0.2) is 18.2 Å². The Morgan fingerprint density at radius 3 is 2.67 bits per heavy atom. The van der Waals surface area contributed by atoms with Crippen molar-refractivity contribution >= 4 is 0 Å². The second-order valence-corrected chi connectivity index (χ2v) is 3.85. The van der Waals surface area contributed by atoms with E-state index in [2.05, 4.69) is 13.8 Å². The van der Waals surface area contributed by atoms with Gasteiger partial charge in [-0.25, -0.2) is 4.39 Å². The fraction of sp³-hybridized carbons (Fsp3) is 0.462. The smallest absolute Gasteiger partial charge is 0.123 e. The Balaban J connectivity index is 2.84. The highest BCUT2D eigenvalue weighted by Gasteiger charge is 2.08. The fourth-order valence-electron chi connectivity index (χ4n) is 1.53. The molecule has 0 N–H and O–H groups in total. The molecule has 1 atom stereocenters. The average Bonchev–Trinajstić information content (AvgIpc) is 2.24. The van der Waals surface area contributed by atoms with E-state index in [-0.39, 0.29) is 5.82 Å². The third-order valence-electron chi connectivity index (χ3n) is 2.46. The van der Waals surface area contributed by atoms with Crippen LogP contribution in [0.5, 0.6) is 0 Å². The molecule has 1 unspecified atom stereocenters. The molecule has 0 aliphatic rings. The van der Waals surface area contributed by atoms with Crippen LogP contribution in [0.1, 0.15) is 36.8 Å². The summed E-state index contributed by atoms with van der Waals surface area (Å²) in [5.74, 6) is -0.748. The summed E-state index contributed by atoms with van der Waals surface area (Å²) in [6.07, 6.45) is 2.95. The predicted octanol–water partition coefficient (Wildman–Crippen LogP) is 4.06. The van der Waals surface area contributed by atoms with Gasteiger partial charge in [0.15, 0.2) is 0 Å². The molecule has 0 fully saturated rings. The molecule has 0 aliphatic carbocycles. The van der Waals surface area contributed by atoms with Gasteiger partial charge in [-0.1, -0.05) is 19.4 Å². The Morgan fingerprint density at radius 2 is 2.07 bits per heavy atom. The van der Waals surface area contributed by atoms with Gasteiger partial charge in [0.2, 0.25) is 0 Å². The summed E-state index contributed by atoms with van der Waals surface area (Å²) >= 11 is 0. The zero-order valence-electron chi connectivity index (χ0n) is 9.10. The van der Waals surface area contributed by atoms with Gasteiger partial charge in [0.25, 0.3) is 0 Å². The van der Waals surface area contributed by atoms with Crippen molar-refractivity contribution in [1.82, 2.24) is 0 Å². The Labute approximate surface area is 90.3 Å². The first-order chi connectivity index (χ1) is 7.17. The predicted molar refractivity (Wildman–Crippen MR) is 59.1 cm³/mol. The Kier molecular flexibility index (Phi) is 4.73. The standard InChI is InChI=1S/C13H17F2/c1-3-4-5-11-6-12(10(2)9-14)8-13(15)7-11/h6-8,10H,2-5,9H2,1H3. The minimum atomic E-state index is -0.545. The van der Waals surface area contributed by atoms with Crippen molar-refractivity contribution in [2.75, 3.05) is 6.67 Å². The second kappa shape index (κ2) is 5.84. The number of halogens is 2. The van der Waals surface area contributed by atoms with E-state index in [0.29, 0.717) is 5.56 Å². The highest BCUT2D eigenvalue weighted by Crippen LogP contribution is 2.19. The van der Waals surface area contributed by atoms with E-state index >= 15 is 0 Å². The van der Waals surface area contributed by atoms with Crippen molar-refractivity contribution in [2.24, 2.45) is 0 Å². The maximum atomic E-state index is 13.2. The van der Waals surface area contributed by atoms with E-state index < -0.39 is 12.6 Å². The van der Waals surface area contributed by atoms with Gasteiger partial charge < -0.3 is 0 Å². The molecule has 2 heteroatoms. The maximum absolute atomic E-state index is 13.2. The van der Waals surface area contributed by atoms with Crippen molar-refractivity contribution in [3.63, 3.8) is 0 Å². The summed E-state index contributed by atoms with van der Waals surface area (Å²) in [5.41, 5.74) is 1.59. The lowest BCUT2D eigenvalue weighted by Crippen LogP contribution is -1.99. The molecule has 1 aromatic carbocycles. The van der Waals surface area contributed by atoms with Crippen molar-refractivity contribution in [3.8, 4) is 0 Å². The fourth-order valence-corrected chi connectivity index (χ4v) is 1.53. The molecular formula is C13H17F2. The number of benzene rings is 1. The van der Waals surface area contributed by atoms with Gasteiger partial charge in [0.1, 0.15) is 5.82 Å². The summed E-state index contributed by atoms with van der Waals surface area (Å²) in [6, 6.07) is 4.74. The molecule has 0 nitrogen and oxygen atoms in total. The molecule has 1 radical (unpaired) electrons. The Hall–Kier alpha value is -0.920. The van der Waals surface area contributed by atoms with E-state index in [1.165, 1.54) is 12.1 Å².